The van der Waals surface area contributed by atoms with Crippen molar-refractivity contribution in [3.8, 4) is 0 Å². The van der Waals surface area contributed by atoms with Gasteiger partial charge in [0, 0.05) is 25.7 Å². The van der Waals surface area contributed by atoms with E-state index in [2.05, 4.69) is 10.2 Å². The number of ether oxygens (including phenoxy) is 1. The van der Waals surface area contributed by atoms with Crippen molar-refractivity contribution in [2.75, 3.05) is 39.4 Å². The third-order valence-corrected chi connectivity index (χ3v) is 3.23. The zero-order chi connectivity index (χ0) is 10.3. The van der Waals surface area contributed by atoms with Crippen molar-refractivity contribution in [2.24, 2.45) is 0 Å². The molecule has 3 heteroatoms. The van der Waals surface area contributed by atoms with Crippen molar-refractivity contribution >= 4 is 0 Å². The van der Waals surface area contributed by atoms with Gasteiger partial charge in [0.1, 0.15) is 0 Å². The first kappa shape index (κ1) is 11.4. The Morgan fingerprint density at radius 3 is 2.93 bits per heavy atom. The molecule has 2 aliphatic rings. The Balaban J connectivity index is 1.44. The molecule has 15 heavy (non-hydrogen) atoms. The summed E-state index contributed by atoms with van der Waals surface area (Å²) in [6, 6.07) is 0.872. The van der Waals surface area contributed by atoms with E-state index in [1.54, 1.807) is 0 Å². The Bertz CT molecular complexity index is 163. The predicted octanol–water partition coefficient (Wildman–Crippen LogP) is 1.24. The number of hydrogen-bond acceptors (Lipinski definition) is 3. The molecule has 1 saturated heterocycles. The van der Waals surface area contributed by atoms with Gasteiger partial charge in [-0.2, -0.15) is 0 Å². The van der Waals surface area contributed by atoms with Crippen molar-refractivity contribution in [1.29, 1.82) is 0 Å². The summed E-state index contributed by atoms with van der Waals surface area (Å²) in [7, 11) is 0. The molecule has 1 N–H and O–H groups in total. The first-order valence-electron chi connectivity index (χ1n) is 6.48. The van der Waals surface area contributed by atoms with E-state index in [0.29, 0.717) is 0 Å². The zero-order valence-corrected chi connectivity index (χ0v) is 9.71. The standard InChI is InChI=1S/C12H24N2O/c1(6-13-12-4-5-12)2-7-14-8-3-10-15-11-9-14/h12-13H,1-11H2. The Labute approximate surface area is 93.2 Å². The van der Waals surface area contributed by atoms with Crippen LogP contribution in [0.1, 0.15) is 32.1 Å². The number of unbranched alkanes of at least 4 members (excludes halogenated alkanes) is 1. The molecule has 1 aliphatic heterocycles. The zero-order valence-electron chi connectivity index (χ0n) is 9.71. The molecule has 1 saturated carbocycles. The summed E-state index contributed by atoms with van der Waals surface area (Å²) >= 11 is 0. The Morgan fingerprint density at radius 1 is 1.13 bits per heavy atom. The van der Waals surface area contributed by atoms with Crippen LogP contribution in [0, 0.1) is 0 Å². The smallest absolute Gasteiger partial charge is 0.0593 e. The molecule has 0 aromatic rings. The molecular weight excluding hydrogens is 188 g/mol. The summed E-state index contributed by atoms with van der Waals surface area (Å²) < 4.78 is 5.44. The van der Waals surface area contributed by atoms with Crippen LogP contribution in [0.5, 0.6) is 0 Å². The van der Waals surface area contributed by atoms with Gasteiger partial charge in [-0.3, -0.25) is 0 Å². The molecule has 0 amide bonds. The molecule has 0 unspecified atom stereocenters. The average Bonchev–Trinajstić information content (AvgIpc) is 3.03. The third kappa shape index (κ3) is 4.96. The molecule has 2 rings (SSSR count). The third-order valence-electron chi connectivity index (χ3n) is 3.23. The van der Waals surface area contributed by atoms with Crippen LogP contribution in [-0.4, -0.2) is 50.3 Å². The molecule has 1 heterocycles. The number of nitrogens with zero attached hydrogens (tertiary/aromatic N) is 1. The van der Waals surface area contributed by atoms with Crippen molar-refractivity contribution in [3.63, 3.8) is 0 Å². The minimum atomic E-state index is 0.872. The van der Waals surface area contributed by atoms with E-state index in [1.807, 2.05) is 0 Å². The molecule has 0 bridgehead atoms. The largest absolute Gasteiger partial charge is 0.380 e. The molecule has 0 aromatic carbocycles. The fraction of sp³-hybridized carbons (Fsp3) is 1.00. The monoisotopic (exact) mass is 212 g/mol. The minimum absolute atomic E-state index is 0.872. The van der Waals surface area contributed by atoms with Gasteiger partial charge in [-0.1, -0.05) is 0 Å². The van der Waals surface area contributed by atoms with Gasteiger partial charge in [0.15, 0.2) is 0 Å². The summed E-state index contributed by atoms with van der Waals surface area (Å²) in [6.45, 7) is 6.73. The lowest BCUT2D eigenvalue weighted by Crippen LogP contribution is -2.28. The van der Waals surface area contributed by atoms with Crippen molar-refractivity contribution in [1.82, 2.24) is 10.2 Å². The number of nitrogens with one attached hydrogen (secondary N) is 1. The SMILES string of the molecule is C(CCN1CCCOCC1)CNC1CC1. The molecule has 3 nitrogen and oxygen atoms in total. The minimum Gasteiger partial charge on any atom is -0.380 e. The van der Waals surface area contributed by atoms with E-state index in [0.717, 1.165) is 25.8 Å². The van der Waals surface area contributed by atoms with E-state index in [1.165, 1.54) is 51.7 Å². The summed E-state index contributed by atoms with van der Waals surface area (Å²) in [5.74, 6) is 0. The molecule has 1 aliphatic carbocycles. The van der Waals surface area contributed by atoms with Gasteiger partial charge in [0.25, 0.3) is 0 Å². The highest BCUT2D eigenvalue weighted by Gasteiger charge is 2.19. The van der Waals surface area contributed by atoms with E-state index >= 15 is 0 Å². The van der Waals surface area contributed by atoms with Gasteiger partial charge >= 0.3 is 0 Å². The quantitative estimate of drug-likeness (QED) is 0.670. The van der Waals surface area contributed by atoms with Crippen LogP contribution < -0.4 is 5.32 Å². The number of rotatable bonds is 6. The van der Waals surface area contributed by atoms with Gasteiger partial charge in [0.05, 0.1) is 6.61 Å². The van der Waals surface area contributed by atoms with E-state index < -0.39 is 0 Å². The van der Waals surface area contributed by atoms with Crippen molar-refractivity contribution < 1.29 is 4.74 Å². The van der Waals surface area contributed by atoms with E-state index in [-0.39, 0.29) is 0 Å². The van der Waals surface area contributed by atoms with Crippen LogP contribution >= 0.6 is 0 Å². The van der Waals surface area contributed by atoms with Gasteiger partial charge in [0.2, 0.25) is 0 Å². The lowest BCUT2D eigenvalue weighted by molar-refractivity contribution is 0.141. The summed E-state index contributed by atoms with van der Waals surface area (Å²) in [5.41, 5.74) is 0. The summed E-state index contributed by atoms with van der Waals surface area (Å²) in [5, 5.41) is 3.56. The Kier molecular flexibility index (Phi) is 4.90. The highest BCUT2D eigenvalue weighted by Crippen LogP contribution is 2.18. The molecule has 2 fully saturated rings. The predicted molar refractivity (Wildman–Crippen MR) is 62.1 cm³/mol. The van der Waals surface area contributed by atoms with Gasteiger partial charge < -0.3 is 15.0 Å². The number of hydrogen-bond donors (Lipinski definition) is 1. The van der Waals surface area contributed by atoms with Crippen LogP contribution in [0.15, 0.2) is 0 Å². The maximum atomic E-state index is 5.44. The fourth-order valence-electron chi connectivity index (χ4n) is 2.08. The van der Waals surface area contributed by atoms with Crippen LogP contribution in [0.2, 0.25) is 0 Å². The maximum Gasteiger partial charge on any atom is 0.0593 e. The Hall–Kier alpha value is -0.120. The van der Waals surface area contributed by atoms with E-state index in [9.17, 15) is 0 Å². The van der Waals surface area contributed by atoms with Gasteiger partial charge in [-0.15, -0.1) is 0 Å². The molecule has 88 valence electrons. The van der Waals surface area contributed by atoms with Crippen molar-refractivity contribution in [2.45, 2.75) is 38.1 Å². The van der Waals surface area contributed by atoms with Crippen LogP contribution in [-0.2, 0) is 4.74 Å². The molecule has 0 aromatic heterocycles. The highest BCUT2D eigenvalue weighted by atomic mass is 16.5. The van der Waals surface area contributed by atoms with Gasteiger partial charge in [-0.05, 0) is 45.2 Å². The first-order valence-corrected chi connectivity index (χ1v) is 6.48. The fourth-order valence-corrected chi connectivity index (χ4v) is 2.08. The second-order valence-electron chi connectivity index (χ2n) is 4.74. The van der Waals surface area contributed by atoms with Crippen LogP contribution in [0.3, 0.4) is 0 Å². The van der Waals surface area contributed by atoms with Crippen molar-refractivity contribution in [3.05, 3.63) is 0 Å². The molecule has 0 atom stereocenters. The second-order valence-corrected chi connectivity index (χ2v) is 4.74. The first-order chi connectivity index (χ1) is 7.45. The lowest BCUT2D eigenvalue weighted by Gasteiger charge is -2.18. The molecule has 0 radical (unpaired) electrons. The topological polar surface area (TPSA) is 24.5 Å². The van der Waals surface area contributed by atoms with Crippen LogP contribution in [0.25, 0.3) is 0 Å². The highest BCUT2D eigenvalue weighted by molar-refractivity contribution is 4.80. The van der Waals surface area contributed by atoms with E-state index in [4.69, 9.17) is 4.74 Å². The Morgan fingerprint density at radius 2 is 2.07 bits per heavy atom. The summed E-state index contributed by atoms with van der Waals surface area (Å²) in [6.07, 6.45) is 6.68. The second kappa shape index (κ2) is 6.46. The summed E-state index contributed by atoms with van der Waals surface area (Å²) in [4.78, 5) is 2.55. The van der Waals surface area contributed by atoms with Gasteiger partial charge in [-0.25, -0.2) is 0 Å². The molecule has 0 spiro atoms. The average molecular weight is 212 g/mol. The normalized spacial score (nSPS) is 24.0. The lowest BCUT2D eigenvalue weighted by atomic mass is 10.2. The molecular formula is C12H24N2O. The van der Waals surface area contributed by atoms with Crippen LogP contribution in [0.4, 0.5) is 0 Å². The maximum absolute atomic E-state index is 5.44.